The average molecular weight is 317 g/mol. The molecule has 2 fully saturated rings. The highest BCUT2D eigenvalue weighted by Gasteiger charge is 2.31. The molecule has 0 saturated carbocycles. The molecule has 2 saturated heterocycles. The van der Waals surface area contributed by atoms with Crippen LogP contribution in [0.3, 0.4) is 0 Å². The number of nitrogens with zero attached hydrogens (tertiary/aromatic N) is 5. The number of anilines is 1. The van der Waals surface area contributed by atoms with Gasteiger partial charge in [-0.2, -0.15) is 5.10 Å². The molecule has 1 amide bonds. The molecule has 3 rings (SSSR count). The molecule has 0 bridgehead atoms. The topological polar surface area (TPSA) is 52.6 Å². The number of amides is 1. The zero-order valence-corrected chi connectivity index (χ0v) is 14.0. The summed E-state index contributed by atoms with van der Waals surface area (Å²) in [5.41, 5.74) is 0. The zero-order chi connectivity index (χ0) is 16.1. The Morgan fingerprint density at radius 3 is 2.87 bits per heavy atom. The quantitative estimate of drug-likeness (QED) is 0.843. The molecule has 2 aliphatic rings. The van der Waals surface area contributed by atoms with Gasteiger partial charge >= 0.3 is 0 Å². The predicted molar refractivity (Wildman–Crippen MR) is 90.3 cm³/mol. The van der Waals surface area contributed by atoms with E-state index >= 15 is 0 Å². The first kappa shape index (κ1) is 16.2. The van der Waals surface area contributed by atoms with Gasteiger partial charge in [0.25, 0.3) is 0 Å². The van der Waals surface area contributed by atoms with E-state index in [-0.39, 0.29) is 6.04 Å². The molecule has 1 atom stereocenters. The zero-order valence-electron chi connectivity index (χ0n) is 14.0. The first-order valence-corrected chi connectivity index (χ1v) is 8.85. The van der Waals surface area contributed by atoms with Crippen LogP contribution in [-0.4, -0.2) is 71.2 Å². The first-order valence-electron chi connectivity index (χ1n) is 8.85. The van der Waals surface area contributed by atoms with Crippen LogP contribution in [0.15, 0.2) is 18.3 Å². The molecule has 6 nitrogen and oxygen atoms in total. The second-order valence-corrected chi connectivity index (χ2v) is 6.39. The van der Waals surface area contributed by atoms with Crippen molar-refractivity contribution in [3.8, 4) is 0 Å². The minimum Gasteiger partial charge on any atom is -0.353 e. The molecule has 23 heavy (non-hydrogen) atoms. The first-order chi connectivity index (χ1) is 11.3. The van der Waals surface area contributed by atoms with Crippen LogP contribution >= 0.6 is 0 Å². The summed E-state index contributed by atoms with van der Waals surface area (Å²) in [6, 6.07) is 4.00. The largest absolute Gasteiger partial charge is 0.353 e. The Hall–Kier alpha value is -1.69. The van der Waals surface area contributed by atoms with Crippen LogP contribution in [-0.2, 0) is 4.79 Å². The summed E-state index contributed by atoms with van der Waals surface area (Å²) < 4.78 is 0. The molecule has 0 aliphatic carbocycles. The lowest BCUT2D eigenvalue weighted by Gasteiger charge is -2.36. The number of carbonyl (C=O) groups is 1. The standard InChI is InChI=1S/C17H27N5O/c1-2-20-10-4-3-7-15(20)17(23)22-12-6-11-21(13-14-22)16-8-5-9-18-19-16/h5,8-9,15H,2-4,6-7,10-14H2,1H3/t15-/m1/s1. The minimum atomic E-state index is 0.0943. The van der Waals surface area contributed by atoms with Crippen molar-refractivity contribution in [2.24, 2.45) is 0 Å². The van der Waals surface area contributed by atoms with Gasteiger partial charge in [0.1, 0.15) is 0 Å². The van der Waals surface area contributed by atoms with Gasteiger partial charge in [-0.1, -0.05) is 13.3 Å². The summed E-state index contributed by atoms with van der Waals surface area (Å²) in [5, 5.41) is 8.15. The Kier molecular flexibility index (Phi) is 5.43. The molecule has 0 aromatic carbocycles. The van der Waals surface area contributed by atoms with Crippen molar-refractivity contribution >= 4 is 11.7 Å². The van der Waals surface area contributed by atoms with Crippen molar-refractivity contribution in [3.05, 3.63) is 18.3 Å². The Labute approximate surface area is 138 Å². The van der Waals surface area contributed by atoms with Gasteiger partial charge in [-0.25, -0.2) is 0 Å². The summed E-state index contributed by atoms with van der Waals surface area (Å²) in [7, 11) is 0. The Morgan fingerprint density at radius 2 is 2.09 bits per heavy atom. The summed E-state index contributed by atoms with van der Waals surface area (Å²) in [5.74, 6) is 1.24. The highest BCUT2D eigenvalue weighted by Crippen LogP contribution is 2.20. The number of hydrogen-bond donors (Lipinski definition) is 0. The lowest BCUT2D eigenvalue weighted by atomic mass is 10.0. The fourth-order valence-electron chi connectivity index (χ4n) is 3.69. The molecular formula is C17H27N5O. The van der Waals surface area contributed by atoms with Crippen LogP contribution in [0.5, 0.6) is 0 Å². The van der Waals surface area contributed by atoms with E-state index in [9.17, 15) is 4.79 Å². The molecular weight excluding hydrogens is 290 g/mol. The average Bonchev–Trinajstić information content (AvgIpc) is 2.88. The second kappa shape index (κ2) is 7.73. The third-order valence-electron chi connectivity index (χ3n) is 4.99. The van der Waals surface area contributed by atoms with Crippen LogP contribution in [0, 0.1) is 0 Å². The lowest BCUT2D eigenvalue weighted by molar-refractivity contribution is -0.138. The maximum Gasteiger partial charge on any atom is 0.239 e. The van der Waals surface area contributed by atoms with E-state index in [1.807, 2.05) is 12.1 Å². The van der Waals surface area contributed by atoms with E-state index in [4.69, 9.17) is 0 Å². The molecule has 1 aromatic heterocycles. The van der Waals surface area contributed by atoms with Crippen LogP contribution in [0.4, 0.5) is 5.82 Å². The summed E-state index contributed by atoms with van der Waals surface area (Å²) >= 11 is 0. The van der Waals surface area contributed by atoms with Crippen LogP contribution in [0.1, 0.15) is 32.6 Å². The third-order valence-corrected chi connectivity index (χ3v) is 4.99. The number of likely N-dealkylation sites (N-methyl/N-ethyl adjacent to an activating group) is 1. The van der Waals surface area contributed by atoms with Crippen LogP contribution in [0.25, 0.3) is 0 Å². The van der Waals surface area contributed by atoms with Gasteiger partial charge in [0, 0.05) is 32.4 Å². The van der Waals surface area contributed by atoms with Crippen molar-refractivity contribution < 1.29 is 4.79 Å². The molecule has 0 unspecified atom stereocenters. The Balaban J connectivity index is 1.62. The fourth-order valence-corrected chi connectivity index (χ4v) is 3.69. The van der Waals surface area contributed by atoms with Gasteiger partial charge in [0.2, 0.25) is 5.91 Å². The van der Waals surface area contributed by atoms with Crippen molar-refractivity contribution in [1.29, 1.82) is 0 Å². The van der Waals surface area contributed by atoms with E-state index < -0.39 is 0 Å². The number of piperidine rings is 1. The smallest absolute Gasteiger partial charge is 0.239 e. The molecule has 0 N–H and O–H groups in total. The molecule has 3 heterocycles. The number of aromatic nitrogens is 2. The highest BCUT2D eigenvalue weighted by atomic mass is 16.2. The molecule has 2 aliphatic heterocycles. The second-order valence-electron chi connectivity index (χ2n) is 6.39. The maximum absolute atomic E-state index is 13.0. The number of rotatable bonds is 3. The summed E-state index contributed by atoms with van der Waals surface area (Å²) in [4.78, 5) is 19.6. The molecule has 1 aromatic rings. The van der Waals surface area contributed by atoms with Crippen LogP contribution < -0.4 is 4.90 Å². The minimum absolute atomic E-state index is 0.0943. The van der Waals surface area contributed by atoms with Gasteiger partial charge in [0.15, 0.2) is 5.82 Å². The molecule has 0 radical (unpaired) electrons. The monoisotopic (exact) mass is 317 g/mol. The van der Waals surface area contributed by atoms with Gasteiger partial charge in [-0.3, -0.25) is 9.69 Å². The van der Waals surface area contributed by atoms with Gasteiger partial charge in [-0.05, 0) is 44.5 Å². The van der Waals surface area contributed by atoms with E-state index in [1.54, 1.807) is 6.20 Å². The van der Waals surface area contributed by atoms with Crippen molar-refractivity contribution in [3.63, 3.8) is 0 Å². The van der Waals surface area contributed by atoms with Crippen molar-refractivity contribution in [1.82, 2.24) is 20.0 Å². The molecule has 0 spiro atoms. The Morgan fingerprint density at radius 1 is 1.17 bits per heavy atom. The third kappa shape index (κ3) is 3.80. The van der Waals surface area contributed by atoms with E-state index in [1.165, 1.54) is 12.8 Å². The lowest BCUT2D eigenvalue weighted by Crippen LogP contribution is -2.51. The highest BCUT2D eigenvalue weighted by molar-refractivity contribution is 5.82. The van der Waals surface area contributed by atoms with Crippen molar-refractivity contribution in [2.75, 3.05) is 44.2 Å². The van der Waals surface area contributed by atoms with Gasteiger partial charge in [-0.15, -0.1) is 5.10 Å². The van der Waals surface area contributed by atoms with Crippen molar-refractivity contribution in [2.45, 2.75) is 38.6 Å². The molecule has 126 valence electrons. The predicted octanol–water partition coefficient (Wildman–Crippen LogP) is 1.39. The van der Waals surface area contributed by atoms with E-state index in [2.05, 4.69) is 31.8 Å². The van der Waals surface area contributed by atoms with Gasteiger partial charge < -0.3 is 9.80 Å². The fraction of sp³-hybridized carbons (Fsp3) is 0.706. The van der Waals surface area contributed by atoms with E-state index in [0.29, 0.717) is 5.91 Å². The summed E-state index contributed by atoms with van der Waals surface area (Å²) in [6.07, 6.45) is 6.09. The maximum atomic E-state index is 13.0. The van der Waals surface area contributed by atoms with E-state index in [0.717, 1.165) is 57.9 Å². The number of carbonyl (C=O) groups excluding carboxylic acids is 1. The Bertz CT molecular complexity index is 509. The summed E-state index contributed by atoms with van der Waals surface area (Å²) in [6.45, 7) is 7.59. The SMILES string of the molecule is CCN1CCCC[C@@H]1C(=O)N1CCCN(c2cccnn2)CC1. The number of hydrogen-bond acceptors (Lipinski definition) is 5. The number of likely N-dealkylation sites (tertiary alicyclic amines) is 1. The molecule has 6 heteroatoms. The van der Waals surface area contributed by atoms with Crippen LogP contribution in [0.2, 0.25) is 0 Å². The van der Waals surface area contributed by atoms with Gasteiger partial charge in [0.05, 0.1) is 6.04 Å². The normalized spacial score (nSPS) is 23.6.